The van der Waals surface area contributed by atoms with Crippen LogP contribution in [0.3, 0.4) is 0 Å². The highest BCUT2D eigenvalue weighted by Gasteiger charge is 2.15. The van der Waals surface area contributed by atoms with Crippen LogP contribution < -0.4 is 9.47 Å². The lowest BCUT2D eigenvalue weighted by molar-refractivity contribution is 0.268. The molecule has 0 radical (unpaired) electrons. The molecule has 0 saturated carbocycles. The standard InChI is InChI=1S/C26H20BrN3O2/c27-21-11-13-24-23(15-28-30(24)16-21)22-12-14-25(31-17-19-7-3-1-4-8-19)29-26(22)32-18-20-9-5-2-6-10-20/h1-16H,17-18H2. The zero-order valence-electron chi connectivity index (χ0n) is 17.2. The molecule has 0 fully saturated rings. The van der Waals surface area contributed by atoms with E-state index in [4.69, 9.17) is 14.5 Å². The Kier molecular flexibility index (Phi) is 5.85. The summed E-state index contributed by atoms with van der Waals surface area (Å²) < 4.78 is 14.9. The molecule has 0 aliphatic carbocycles. The monoisotopic (exact) mass is 485 g/mol. The Morgan fingerprint density at radius 3 is 2.12 bits per heavy atom. The van der Waals surface area contributed by atoms with E-state index >= 15 is 0 Å². The SMILES string of the molecule is Brc1ccc2c(-c3ccc(OCc4ccccc4)nc3OCc3ccccc3)cnn2c1. The van der Waals surface area contributed by atoms with Crippen molar-refractivity contribution in [3.05, 3.63) is 113 Å². The van der Waals surface area contributed by atoms with Crippen molar-refractivity contribution in [2.45, 2.75) is 13.2 Å². The second-order valence-corrected chi connectivity index (χ2v) is 8.20. The zero-order valence-corrected chi connectivity index (χ0v) is 18.8. The highest BCUT2D eigenvalue weighted by Crippen LogP contribution is 2.34. The van der Waals surface area contributed by atoms with E-state index < -0.39 is 0 Å². The number of halogens is 1. The van der Waals surface area contributed by atoms with Crippen LogP contribution in [0.2, 0.25) is 0 Å². The number of pyridine rings is 2. The third kappa shape index (κ3) is 4.50. The van der Waals surface area contributed by atoms with E-state index in [9.17, 15) is 0 Å². The Labute approximate surface area is 194 Å². The van der Waals surface area contributed by atoms with Crippen LogP contribution in [0.25, 0.3) is 16.6 Å². The summed E-state index contributed by atoms with van der Waals surface area (Å²) in [5.41, 5.74) is 4.93. The highest BCUT2D eigenvalue weighted by molar-refractivity contribution is 9.10. The average molecular weight is 486 g/mol. The van der Waals surface area contributed by atoms with E-state index in [1.807, 2.05) is 102 Å². The predicted octanol–water partition coefficient (Wildman–Crippen LogP) is 6.32. The van der Waals surface area contributed by atoms with E-state index in [1.54, 1.807) is 0 Å². The van der Waals surface area contributed by atoms with Crippen molar-refractivity contribution in [1.82, 2.24) is 14.6 Å². The van der Waals surface area contributed by atoms with Gasteiger partial charge in [-0.15, -0.1) is 0 Å². The predicted molar refractivity (Wildman–Crippen MR) is 128 cm³/mol. The van der Waals surface area contributed by atoms with Crippen LogP contribution in [0.15, 0.2) is 102 Å². The van der Waals surface area contributed by atoms with Crippen molar-refractivity contribution in [2.24, 2.45) is 0 Å². The molecule has 32 heavy (non-hydrogen) atoms. The fourth-order valence-electron chi connectivity index (χ4n) is 3.44. The van der Waals surface area contributed by atoms with Gasteiger partial charge in [0.1, 0.15) is 13.2 Å². The van der Waals surface area contributed by atoms with E-state index in [0.29, 0.717) is 25.0 Å². The van der Waals surface area contributed by atoms with Gasteiger partial charge in [0.15, 0.2) is 0 Å². The fourth-order valence-corrected chi connectivity index (χ4v) is 3.77. The molecule has 0 bridgehead atoms. The van der Waals surface area contributed by atoms with Crippen molar-refractivity contribution in [3.63, 3.8) is 0 Å². The molecule has 5 nitrogen and oxygen atoms in total. The molecule has 5 aromatic rings. The lowest BCUT2D eigenvalue weighted by atomic mass is 10.1. The molecule has 6 heteroatoms. The summed E-state index contributed by atoms with van der Waals surface area (Å²) in [6, 6.07) is 27.9. The number of aromatic nitrogens is 3. The summed E-state index contributed by atoms with van der Waals surface area (Å²) >= 11 is 3.49. The number of rotatable bonds is 7. The van der Waals surface area contributed by atoms with Crippen LogP contribution in [0.4, 0.5) is 0 Å². The maximum absolute atomic E-state index is 6.17. The third-order valence-electron chi connectivity index (χ3n) is 5.05. The zero-order chi connectivity index (χ0) is 21.8. The largest absolute Gasteiger partial charge is 0.473 e. The summed E-state index contributed by atoms with van der Waals surface area (Å²) in [5, 5.41) is 4.49. The van der Waals surface area contributed by atoms with E-state index in [2.05, 4.69) is 21.0 Å². The summed E-state index contributed by atoms with van der Waals surface area (Å²) in [7, 11) is 0. The number of benzene rings is 2. The van der Waals surface area contributed by atoms with Crippen molar-refractivity contribution >= 4 is 21.4 Å². The number of hydrogen-bond donors (Lipinski definition) is 0. The summed E-state index contributed by atoms with van der Waals surface area (Å²) in [6.45, 7) is 0.851. The van der Waals surface area contributed by atoms with Gasteiger partial charge < -0.3 is 9.47 Å². The van der Waals surface area contributed by atoms with Crippen molar-refractivity contribution < 1.29 is 9.47 Å². The van der Waals surface area contributed by atoms with Gasteiger partial charge in [-0.2, -0.15) is 10.1 Å². The topological polar surface area (TPSA) is 48.7 Å². The molecular formula is C26H20BrN3O2. The molecule has 5 rings (SSSR count). The van der Waals surface area contributed by atoms with E-state index in [0.717, 1.165) is 32.2 Å². The maximum atomic E-state index is 6.17. The lowest BCUT2D eigenvalue weighted by Gasteiger charge is -2.13. The molecule has 3 aromatic heterocycles. The Balaban J connectivity index is 1.48. The first kappa shape index (κ1) is 20.3. The highest BCUT2D eigenvalue weighted by atomic mass is 79.9. The van der Waals surface area contributed by atoms with Crippen molar-refractivity contribution in [1.29, 1.82) is 0 Å². The minimum Gasteiger partial charge on any atom is -0.473 e. The average Bonchev–Trinajstić information content (AvgIpc) is 3.25. The van der Waals surface area contributed by atoms with Gasteiger partial charge in [0.05, 0.1) is 11.7 Å². The molecule has 0 aliphatic rings. The second-order valence-electron chi connectivity index (χ2n) is 7.29. The van der Waals surface area contributed by atoms with E-state index in [1.165, 1.54) is 0 Å². The van der Waals surface area contributed by atoms with Gasteiger partial charge in [-0.3, -0.25) is 0 Å². The van der Waals surface area contributed by atoms with Crippen molar-refractivity contribution in [3.8, 4) is 22.9 Å². The first-order chi connectivity index (χ1) is 15.8. The van der Waals surface area contributed by atoms with Crippen molar-refractivity contribution in [2.75, 3.05) is 0 Å². The van der Waals surface area contributed by atoms with E-state index in [-0.39, 0.29) is 0 Å². The molecule has 0 saturated heterocycles. The van der Waals surface area contributed by atoms with Crippen LogP contribution in [-0.4, -0.2) is 14.6 Å². The first-order valence-electron chi connectivity index (χ1n) is 10.2. The van der Waals surface area contributed by atoms with Crippen LogP contribution in [-0.2, 0) is 13.2 Å². The Hall–Kier alpha value is -3.64. The molecule has 158 valence electrons. The quantitative estimate of drug-likeness (QED) is 0.270. The van der Waals surface area contributed by atoms with Gasteiger partial charge in [-0.05, 0) is 45.3 Å². The normalized spacial score (nSPS) is 10.9. The number of fused-ring (bicyclic) bond motifs is 1. The first-order valence-corrected chi connectivity index (χ1v) is 11.0. The summed E-state index contributed by atoms with van der Waals surface area (Å²) in [6.07, 6.45) is 3.76. The minimum atomic E-state index is 0.410. The van der Waals surface area contributed by atoms with Gasteiger partial charge in [0.25, 0.3) is 0 Å². The number of hydrogen-bond acceptors (Lipinski definition) is 4. The van der Waals surface area contributed by atoms with Crippen LogP contribution in [0.5, 0.6) is 11.8 Å². The molecule has 0 unspecified atom stereocenters. The third-order valence-corrected chi connectivity index (χ3v) is 5.52. The second kappa shape index (κ2) is 9.24. The van der Waals surface area contributed by atoms with Crippen LogP contribution >= 0.6 is 15.9 Å². The minimum absolute atomic E-state index is 0.410. The van der Waals surface area contributed by atoms with Gasteiger partial charge in [-0.25, -0.2) is 4.52 Å². The molecule has 0 amide bonds. The lowest BCUT2D eigenvalue weighted by Crippen LogP contribution is -2.02. The summed E-state index contributed by atoms with van der Waals surface area (Å²) in [4.78, 5) is 4.69. The molecule has 0 spiro atoms. The number of ether oxygens (including phenoxy) is 2. The Bertz CT molecular complexity index is 1340. The van der Waals surface area contributed by atoms with Gasteiger partial charge >= 0.3 is 0 Å². The molecular weight excluding hydrogens is 466 g/mol. The molecule has 0 N–H and O–H groups in total. The van der Waals surface area contributed by atoms with Gasteiger partial charge in [-0.1, -0.05) is 60.7 Å². The molecule has 2 aromatic carbocycles. The van der Waals surface area contributed by atoms with Crippen LogP contribution in [0.1, 0.15) is 11.1 Å². The maximum Gasteiger partial charge on any atom is 0.225 e. The van der Waals surface area contributed by atoms with Gasteiger partial charge in [0.2, 0.25) is 11.8 Å². The van der Waals surface area contributed by atoms with Gasteiger partial charge in [0, 0.05) is 27.9 Å². The smallest absolute Gasteiger partial charge is 0.225 e. The number of nitrogens with zero attached hydrogens (tertiary/aromatic N) is 3. The molecule has 3 heterocycles. The molecule has 0 atom stereocenters. The summed E-state index contributed by atoms with van der Waals surface area (Å²) in [5.74, 6) is 1.03. The Morgan fingerprint density at radius 1 is 0.719 bits per heavy atom. The molecule has 0 aliphatic heterocycles. The van der Waals surface area contributed by atoms with Crippen LogP contribution in [0, 0.1) is 0 Å². The fraction of sp³-hybridized carbons (Fsp3) is 0.0769. The Morgan fingerprint density at radius 2 is 1.41 bits per heavy atom.